The van der Waals surface area contributed by atoms with E-state index < -0.39 is 0 Å². The van der Waals surface area contributed by atoms with Gasteiger partial charge in [0, 0.05) is 0 Å². The molecule has 6 rings (SSSR count). The molecule has 255 valence electrons. The van der Waals surface area contributed by atoms with E-state index in [0.717, 1.165) is 19.3 Å². The number of ketones is 6. The van der Waals surface area contributed by atoms with E-state index in [-0.39, 0.29) is 52.1 Å². The first-order valence-electron chi connectivity index (χ1n) is 15.9. The summed E-state index contributed by atoms with van der Waals surface area (Å²) < 4.78 is 0. The Bertz CT molecular complexity index is 1640. The van der Waals surface area contributed by atoms with Crippen molar-refractivity contribution in [2.24, 2.45) is 0 Å². The maximum absolute atomic E-state index is 11.8. The van der Waals surface area contributed by atoms with E-state index in [9.17, 15) is 28.8 Å². The molecule has 0 aliphatic rings. The number of Topliss-reactive ketones (excluding diaryl/α,β-unsaturated/α-hetero) is 6. The Kier molecular flexibility index (Phi) is 16.5. The average Bonchev–Trinajstić information content (AvgIpc) is 3.20. The maximum atomic E-state index is 11.8. The molecular formula is C45H33CrO6. The molecule has 6 aromatic rings. The van der Waals surface area contributed by atoms with Crippen LogP contribution in [0.15, 0.2) is 182 Å². The van der Waals surface area contributed by atoms with E-state index in [2.05, 4.69) is 0 Å². The maximum Gasteiger partial charge on any atom is 3.00 e. The predicted octanol–water partition coefficient (Wildman–Crippen LogP) is 8.87. The summed E-state index contributed by atoms with van der Waals surface area (Å²) in [5, 5.41) is 0. The summed E-state index contributed by atoms with van der Waals surface area (Å²) in [5.41, 5.74) is 3.15. The van der Waals surface area contributed by atoms with Crippen molar-refractivity contribution in [3.05, 3.63) is 235 Å². The summed E-state index contributed by atoms with van der Waals surface area (Å²) in [4.78, 5) is 70.5. The zero-order valence-electron chi connectivity index (χ0n) is 27.9. The quantitative estimate of drug-likeness (QED) is 0.0711. The third-order valence-electron chi connectivity index (χ3n) is 7.14. The van der Waals surface area contributed by atoms with Gasteiger partial charge >= 0.3 is 17.4 Å². The van der Waals surface area contributed by atoms with Gasteiger partial charge in [-0.25, -0.2) is 0 Å². The van der Waals surface area contributed by atoms with E-state index in [1.807, 2.05) is 36.4 Å². The third-order valence-corrected chi connectivity index (χ3v) is 7.14. The van der Waals surface area contributed by atoms with Gasteiger partial charge < -0.3 is 28.8 Å². The van der Waals surface area contributed by atoms with Crippen LogP contribution >= 0.6 is 0 Å². The molecule has 7 heteroatoms. The monoisotopic (exact) mass is 721 g/mol. The van der Waals surface area contributed by atoms with Crippen molar-refractivity contribution in [2.75, 3.05) is 0 Å². The van der Waals surface area contributed by atoms with Gasteiger partial charge in [-0.2, -0.15) is 0 Å². The Morgan fingerprint density at radius 2 is 0.346 bits per heavy atom. The Hall–Kier alpha value is -6.52. The summed E-state index contributed by atoms with van der Waals surface area (Å²) in [6.07, 6.45) is 3.39. The number of hydrogen-bond donors (Lipinski definition) is 0. The van der Waals surface area contributed by atoms with Crippen LogP contribution < -0.4 is 0 Å². The molecule has 0 amide bonds. The van der Waals surface area contributed by atoms with Gasteiger partial charge in [0.25, 0.3) is 0 Å². The van der Waals surface area contributed by atoms with Crippen LogP contribution in [-0.4, -0.2) is 34.7 Å². The van der Waals surface area contributed by atoms with Crippen molar-refractivity contribution in [3.63, 3.8) is 0 Å². The predicted molar refractivity (Wildman–Crippen MR) is 198 cm³/mol. The minimum atomic E-state index is -0.264. The molecule has 0 saturated heterocycles. The van der Waals surface area contributed by atoms with E-state index in [0.29, 0.717) is 33.4 Å². The van der Waals surface area contributed by atoms with Crippen LogP contribution in [0.25, 0.3) is 0 Å². The van der Waals surface area contributed by atoms with Gasteiger partial charge in [-0.05, 0) is 0 Å². The molecule has 1 radical (unpaired) electrons. The van der Waals surface area contributed by atoms with Crippen LogP contribution in [0, 0.1) is 19.3 Å². The Labute approximate surface area is 314 Å². The molecule has 0 aliphatic carbocycles. The van der Waals surface area contributed by atoms with Crippen molar-refractivity contribution in [1.29, 1.82) is 0 Å². The second-order valence-corrected chi connectivity index (χ2v) is 10.8. The molecule has 0 spiro atoms. The van der Waals surface area contributed by atoms with E-state index in [1.54, 1.807) is 146 Å². The van der Waals surface area contributed by atoms with Crippen LogP contribution in [0.4, 0.5) is 0 Å². The van der Waals surface area contributed by atoms with Crippen molar-refractivity contribution < 1.29 is 46.1 Å². The third kappa shape index (κ3) is 13.1. The normalized spacial score (nSPS) is 9.46. The van der Waals surface area contributed by atoms with Gasteiger partial charge in [-0.3, -0.25) is 0 Å². The molecule has 0 bridgehead atoms. The molecule has 6 aromatic carbocycles. The Balaban J connectivity index is 0.000000208. The molecule has 0 heterocycles. The molecule has 0 saturated carbocycles. The Morgan fingerprint density at radius 3 is 0.462 bits per heavy atom. The van der Waals surface area contributed by atoms with Gasteiger partial charge in [0.15, 0.2) is 0 Å². The van der Waals surface area contributed by atoms with Crippen LogP contribution in [0.3, 0.4) is 0 Å². The second-order valence-electron chi connectivity index (χ2n) is 10.8. The summed E-state index contributed by atoms with van der Waals surface area (Å²) >= 11 is 0. The number of hydrogen-bond acceptors (Lipinski definition) is 6. The van der Waals surface area contributed by atoms with E-state index in [1.165, 1.54) is 0 Å². The smallest absolute Gasteiger partial charge is 0.318 e. The first-order valence-corrected chi connectivity index (χ1v) is 15.9. The average molecular weight is 722 g/mol. The standard InChI is InChI=1S/3C15H11O2.Cr/c3*16-14(12-7-3-1-4-8-12)11-15(17)13-9-5-2-6-10-13;/h3*1-11H;/q3*-1;+3. The molecular weight excluding hydrogens is 688 g/mol. The number of carbonyl (C=O) groups excluding carboxylic acids is 6. The minimum Gasteiger partial charge on any atom is -0.318 e. The molecule has 52 heavy (non-hydrogen) atoms. The van der Waals surface area contributed by atoms with Gasteiger partial charge in [0.1, 0.15) is 0 Å². The van der Waals surface area contributed by atoms with Gasteiger partial charge in [0.2, 0.25) is 0 Å². The first-order chi connectivity index (χ1) is 24.8. The van der Waals surface area contributed by atoms with Gasteiger partial charge in [0.05, 0.1) is 34.7 Å². The number of carbonyl (C=O) groups is 6. The SMILES string of the molecule is O=C([CH-]C(=O)c1ccccc1)c1ccccc1.O=C([CH-]C(=O)c1ccccc1)c1ccccc1.O=C([CH-]C(=O)c1ccccc1)c1ccccc1.[Cr+3]. The second kappa shape index (κ2) is 21.5. The first kappa shape index (κ1) is 39.9. The van der Waals surface area contributed by atoms with Crippen molar-refractivity contribution >= 4 is 34.7 Å². The van der Waals surface area contributed by atoms with Gasteiger partial charge in [-0.1, -0.05) is 162 Å². The largest absolute Gasteiger partial charge is 3.00 e. The van der Waals surface area contributed by atoms with Crippen LogP contribution in [0.1, 0.15) is 62.1 Å². The van der Waals surface area contributed by atoms with E-state index in [4.69, 9.17) is 0 Å². The molecule has 6 nitrogen and oxygen atoms in total. The van der Waals surface area contributed by atoms with Crippen molar-refractivity contribution in [1.82, 2.24) is 0 Å². The van der Waals surface area contributed by atoms with Gasteiger partial charge in [-0.15, -0.1) is 72.8 Å². The molecule has 0 atom stereocenters. The molecule has 0 aromatic heterocycles. The summed E-state index contributed by atoms with van der Waals surface area (Å²) in [6.45, 7) is 0. The number of rotatable bonds is 12. The number of benzene rings is 6. The summed E-state index contributed by atoms with van der Waals surface area (Å²) in [6, 6.07) is 52.5. The van der Waals surface area contributed by atoms with Crippen molar-refractivity contribution in [2.45, 2.75) is 0 Å². The van der Waals surface area contributed by atoms with Crippen LogP contribution in [0.2, 0.25) is 0 Å². The zero-order valence-corrected chi connectivity index (χ0v) is 29.2. The van der Waals surface area contributed by atoms with Crippen molar-refractivity contribution in [3.8, 4) is 0 Å². The molecule has 0 N–H and O–H groups in total. The fourth-order valence-electron chi connectivity index (χ4n) is 4.47. The molecule has 0 aliphatic heterocycles. The fraction of sp³-hybridized carbons (Fsp3) is 0. The van der Waals surface area contributed by atoms with Crippen LogP contribution in [-0.2, 0) is 17.4 Å². The minimum absolute atomic E-state index is 0. The summed E-state index contributed by atoms with van der Waals surface area (Å²) in [7, 11) is 0. The topological polar surface area (TPSA) is 102 Å². The van der Waals surface area contributed by atoms with E-state index >= 15 is 0 Å². The molecule has 0 fully saturated rings. The van der Waals surface area contributed by atoms with Crippen LogP contribution in [0.5, 0.6) is 0 Å². The molecule has 0 unspecified atom stereocenters. The fourth-order valence-corrected chi connectivity index (χ4v) is 4.47. The summed E-state index contributed by atoms with van der Waals surface area (Å²) in [5.74, 6) is -1.59. The Morgan fingerprint density at radius 1 is 0.231 bits per heavy atom. The zero-order chi connectivity index (χ0) is 36.3.